The second-order valence-electron chi connectivity index (χ2n) is 5.03. The first-order chi connectivity index (χ1) is 11.5. The second kappa shape index (κ2) is 6.52. The predicted molar refractivity (Wildman–Crippen MR) is 87.5 cm³/mol. The summed E-state index contributed by atoms with van der Waals surface area (Å²) in [6, 6.07) is 10.2. The summed E-state index contributed by atoms with van der Waals surface area (Å²) in [6.45, 7) is -1.27. The molecule has 1 N–H and O–H groups in total. The molecule has 1 aromatic heterocycles. The first kappa shape index (κ1) is 16.3. The first-order valence-corrected chi connectivity index (χ1v) is 7.81. The van der Waals surface area contributed by atoms with E-state index < -0.39 is 12.5 Å². The summed E-state index contributed by atoms with van der Waals surface area (Å²) in [5, 5.41) is 3.22. The van der Waals surface area contributed by atoms with Crippen LogP contribution in [0.2, 0.25) is 0 Å². The molecule has 0 aliphatic carbocycles. The van der Waals surface area contributed by atoms with Crippen LogP contribution in [0.3, 0.4) is 0 Å². The molecule has 1 amide bonds. The van der Waals surface area contributed by atoms with Crippen LogP contribution in [0.15, 0.2) is 42.5 Å². The number of hydrogen-bond donors (Lipinski definition) is 1. The van der Waals surface area contributed by atoms with E-state index in [0.29, 0.717) is 15.8 Å². The Balaban J connectivity index is 1.92. The minimum Gasteiger partial charge on any atom is -0.433 e. The largest absolute Gasteiger partial charge is 0.433 e. The Morgan fingerprint density at radius 1 is 1.21 bits per heavy atom. The van der Waals surface area contributed by atoms with Crippen LogP contribution in [0.25, 0.3) is 10.1 Å². The number of hydrogen-bond acceptors (Lipinski definition) is 3. The molecule has 3 aromatic rings. The van der Waals surface area contributed by atoms with E-state index in [2.05, 4.69) is 10.1 Å². The van der Waals surface area contributed by atoms with Gasteiger partial charge in [0.15, 0.2) is 0 Å². The highest BCUT2D eigenvalue weighted by Gasteiger charge is 2.18. The van der Waals surface area contributed by atoms with Crippen LogP contribution in [0, 0.1) is 12.7 Å². The zero-order valence-electron chi connectivity index (χ0n) is 12.5. The zero-order chi connectivity index (χ0) is 17.3. The summed E-state index contributed by atoms with van der Waals surface area (Å²) < 4.78 is 43.4. The summed E-state index contributed by atoms with van der Waals surface area (Å²) >= 11 is 1.21. The minimum atomic E-state index is -2.99. The zero-order valence-corrected chi connectivity index (χ0v) is 13.3. The Morgan fingerprint density at radius 3 is 2.71 bits per heavy atom. The van der Waals surface area contributed by atoms with Gasteiger partial charge in [-0.2, -0.15) is 8.78 Å². The third-order valence-electron chi connectivity index (χ3n) is 3.46. The second-order valence-corrected chi connectivity index (χ2v) is 6.08. The van der Waals surface area contributed by atoms with Crippen LogP contribution in [-0.2, 0) is 0 Å². The van der Waals surface area contributed by atoms with Gasteiger partial charge >= 0.3 is 6.61 Å². The Kier molecular flexibility index (Phi) is 4.44. The third-order valence-corrected chi connectivity index (χ3v) is 4.73. The number of alkyl halides is 2. The lowest BCUT2D eigenvalue weighted by atomic mass is 10.1. The minimum absolute atomic E-state index is 0.120. The maximum absolute atomic E-state index is 13.4. The summed E-state index contributed by atoms with van der Waals surface area (Å²) in [7, 11) is 0. The molecule has 0 unspecified atom stereocenters. The molecule has 0 fully saturated rings. The maximum atomic E-state index is 13.4. The lowest BCUT2D eigenvalue weighted by Gasteiger charge is -2.11. The molecule has 0 aliphatic rings. The number of anilines is 1. The molecule has 0 bridgehead atoms. The van der Waals surface area contributed by atoms with Gasteiger partial charge in [-0.05, 0) is 48.2 Å². The van der Waals surface area contributed by atoms with E-state index in [0.717, 1.165) is 4.70 Å². The van der Waals surface area contributed by atoms with Crippen molar-refractivity contribution in [2.75, 3.05) is 5.32 Å². The van der Waals surface area contributed by atoms with Gasteiger partial charge in [-0.25, -0.2) is 4.39 Å². The number of carbonyl (C=O) groups excluding carboxylic acids is 1. The van der Waals surface area contributed by atoms with Crippen molar-refractivity contribution in [2.24, 2.45) is 0 Å². The molecule has 0 radical (unpaired) electrons. The summed E-state index contributed by atoms with van der Waals surface area (Å²) in [4.78, 5) is 12.9. The fourth-order valence-corrected chi connectivity index (χ4v) is 3.44. The highest BCUT2D eigenvalue weighted by atomic mass is 32.1. The quantitative estimate of drug-likeness (QED) is 0.701. The van der Waals surface area contributed by atoms with Gasteiger partial charge in [-0.1, -0.05) is 12.1 Å². The molecule has 7 heteroatoms. The smallest absolute Gasteiger partial charge is 0.387 e. The highest BCUT2D eigenvalue weighted by Crippen LogP contribution is 2.33. The lowest BCUT2D eigenvalue weighted by molar-refractivity contribution is -0.0493. The van der Waals surface area contributed by atoms with Crippen molar-refractivity contribution in [3.8, 4) is 5.75 Å². The first-order valence-electron chi connectivity index (χ1n) is 6.99. The summed E-state index contributed by atoms with van der Waals surface area (Å²) in [5.41, 5.74) is 0.782. The summed E-state index contributed by atoms with van der Waals surface area (Å²) in [5.74, 6) is -0.962. The number of amides is 1. The van der Waals surface area contributed by atoms with Gasteiger partial charge in [0.2, 0.25) is 0 Å². The van der Waals surface area contributed by atoms with Crippen molar-refractivity contribution >= 4 is 33.0 Å². The molecular formula is C17H12F3NO2S. The van der Waals surface area contributed by atoms with Gasteiger partial charge < -0.3 is 10.1 Å². The normalized spacial score (nSPS) is 11.0. The van der Waals surface area contributed by atoms with Crippen molar-refractivity contribution in [1.29, 1.82) is 0 Å². The van der Waals surface area contributed by atoms with Crippen LogP contribution in [0.1, 0.15) is 15.2 Å². The topological polar surface area (TPSA) is 38.3 Å². The number of fused-ring (bicyclic) bond motifs is 1. The van der Waals surface area contributed by atoms with E-state index in [1.54, 1.807) is 19.1 Å². The monoisotopic (exact) mass is 351 g/mol. The molecule has 124 valence electrons. The van der Waals surface area contributed by atoms with Crippen LogP contribution in [0.4, 0.5) is 18.9 Å². The number of halogens is 3. The Morgan fingerprint density at radius 2 is 1.96 bits per heavy atom. The van der Waals surface area contributed by atoms with E-state index in [-0.39, 0.29) is 17.3 Å². The molecular weight excluding hydrogens is 339 g/mol. The predicted octanol–water partition coefficient (Wildman–Crippen LogP) is 5.20. The van der Waals surface area contributed by atoms with Crippen molar-refractivity contribution in [1.82, 2.24) is 0 Å². The van der Waals surface area contributed by atoms with Crippen LogP contribution in [-0.4, -0.2) is 12.5 Å². The van der Waals surface area contributed by atoms with Crippen LogP contribution >= 0.6 is 11.3 Å². The number of rotatable bonds is 4. The van der Waals surface area contributed by atoms with Gasteiger partial charge in [0, 0.05) is 4.70 Å². The molecule has 0 spiro atoms. The molecule has 0 atom stereocenters. The number of nitrogens with one attached hydrogen (secondary N) is 1. The van der Waals surface area contributed by atoms with Crippen molar-refractivity contribution in [3.63, 3.8) is 0 Å². The molecule has 0 aliphatic heterocycles. The van der Waals surface area contributed by atoms with Gasteiger partial charge in [-0.15, -0.1) is 11.3 Å². The number of ether oxygens (including phenoxy) is 1. The standard InChI is InChI=1S/C17H12F3NO2S/c1-9-11-8-10(18)6-7-14(11)24-15(9)16(22)21-12-4-2-3-5-13(12)23-17(19)20/h2-8,17H,1H3,(H,21,22). The lowest BCUT2D eigenvalue weighted by Crippen LogP contribution is -2.13. The van der Waals surface area contributed by atoms with Gasteiger partial charge in [0.1, 0.15) is 11.6 Å². The fraction of sp³-hybridized carbons (Fsp3) is 0.118. The number of para-hydroxylation sites is 2. The van der Waals surface area contributed by atoms with Gasteiger partial charge in [0.25, 0.3) is 5.91 Å². The maximum Gasteiger partial charge on any atom is 0.387 e. The van der Waals surface area contributed by atoms with E-state index >= 15 is 0 Å². The van der Waals surface area contributed by atoms with Crippen molar-refractivity contribution in [2.45, 2.75) is 13.5 Å². The van der Waals surface area contributed by atoms with Gasteiger partial charge in [-0.3, -0.25) is 4.79 Å². The number of carbonyl (C=O) groups is 1. The Bertz CT molecular complexity index is 908. The molecule has 0 saturated heterocycles. The number of thiophene rings is 1. The van der Waals surface area contributed by atoms with Crippen molar-refractivity contribution < 1.29 is 22.7 Å². The molecule has 0 saturated carbocycles. The molecule has 24 heavy (non-hydrogen) atoms. The fourth-order valence-electron chi connectivity index (χ4n) is 2.36. The molecule has 2 aromatic carbocycles. The van der Waals surface area contributed by atoms with Gasteiger partial charge in [0.05, 0.1) is 10.6 Å². The molecule has 3 nitrogen and oxygen atoms in total. The van der Waals surface area contributed by atoms with Crippen molar-refractivity contribution in [3.05, 3.63) is 58.7 Å². The average Bonchev–Trinajstić information content (AvgIpc) is 2.85. The van der Waals surface area contributed by atoms with Crippen LogP contribution < -0.4 is 10.1 Å². The molecule has 1 heterocycles. The molecule has 3 rings (SSSR count). The summed E-state index contributed by atoms with van der Waals surface area (Å²) in [6.07, 6.45) is 0. The number of benzene rings is 2. The highest BCUT2D eigenvalue weighted by molar-refractivity contribution is 7.21. The van der Waals surface area contributed by atoms with E-state index in [4.69, 9.17) is 0 Å². The van der Waals surface area contributed by atoms with E-state index in [9.17, 15) is 18.0 Å². The van der Waals surface area contributed by atoms with Crippen LogP contribution in [0.5, 0.6) is 5.75 Å². The third kappa shape index (κ3) is 3.21. The van der Waals surface area contributed by atoms with E-state index in [1.807, 2.05) is 0 Å². The number of aryl methyl sites for hydroxylation is 1. The Labute approximate surface area is 139 Å². The van der Waals surface area contributed by atoms with E-state index in [1.165, 1.54) is 41.7 Å². The average molecular weight is 351 g/mol. The SMILES string of the molecule is Cc1c(C(=O)Nc2ccccc2OC(F)F)sc2ccc(F)cc12. The Hall–Kier alpha value is -2.54.